The predicted octanol–water partition coefficient (Wildman–Crippen LogP) is 1.66. The summed E-state index contributed by atoms with van der Waals surface area (Å²) < 4.78 is 10.8. The third-order valence-electron chi connectivity index (χ3n) is 2.46. The lowest BCUT2D eigenvalue weighted by molar-refractivity contribution is 0.178. The van der Waals surface area contributed by atoms with E-state index in [9.17, 15) is 0 Å². The quantitative estimate of drug-likeness (QED) is 0.720. The van der Waals surface area contributed by atoms with Crippen LogP contribution in [0.4, 0.5) is 0 Å². The van der Waals surface area contributed by atoms with Crippen molar-refractivity contribution in [1.82, 2.24) is 0 Å². The van der Waals surface area contributed by atoms with Gasteiger partial charge >= 0.3 is 0 Å². The molecule has 0 spiro atoms. The van der Waals surface area contributed by atoms with Crippen LogP contribution in [0.3, 0.4) is 0 Å². The Morgan fingerprint density at radius 2 is 2.19 bits per heavy atom. The highest BCUT2D eigenvalue weighted by Crippen LogP contribution is 2.13. The van der Waals surface area contributed by atoms with Gasteiger partial charge in [-0.1, -0.05) is 38.1 Å². The van der Waals surface area contributed by atoms with E-state index in [1.807, 2.05) is 19.1 Å². The molecule has 1 aromatic rings. The van der Waals surface area contributed by atoms with Crippen LogP contribution in [0.15, 0.2) is 18.2 Å². The zero-order valence-electron chi connectivity index (χ0n) is 10.1. The summed E-state index contributed by atoms with van der Waals surface area (Å²) in [6, 6.07) is 6.14. The molecule has 0 amide bonds. The Hall–Kier alpha value is -1.28. The van der Waals surface area contributed by atoms with Crippen LogP contribution < -0.4 is 15.2 Å². The van der Waals surface area contributed by atoms with E-state index in [4.69, 9.17) is 9.47 Å². The molecule has 1 atom stereocenters. The van der Waals surface area contributed by atoms with E-state index in [-0.39, 0.29) is 6.29 Å². The van der Waals surface area contributed by atoms with Gasteiger partial charge in [0.25, 0.3) is 0 Å². The van der Waals surface area contributed by atoms with Gasteiger partial charge in [-0.05, 0) is 24.1 Å². The Balaban J connectivity index is 2.46. The number of ether oxygens (including phenoxy) is 2. The summed E-state index contributed by atoms with van der Waals surface area (Å²) in [5.41, 5.74) is 0. The number of epoxide rings is 1. The van der Waals surface area contributed by atoms with Crippen LogP contribution in [0.1, 0.15) is 20.8 Å². The maximum absolute atomic E-state index is 5.70. The molecule has 1 aliphatic rings. The number of hydrogen-bond donors (Lipinski definition) is 0. The van der Waals surface area contributed by atoms with E-state index >= 15 is 0 Å². The van der Waals surface area contributed by atoms with Gasteiger partial charge in [-0.25, -0.2) is 0 Å². The first kappa shape index (κ1) is 11.2. The summed E-state index contributed by atoms with van der Waals surface area (Å²) in [6.07, 6.45) is 4.30. The monoisotopic (exact) mass is 218 g/mol. The smallest absolute Gasteiger partial charge is 0.223 e. The predicted molar refractivity (Wildman–Crippen MR) is 65.5 cm³/mol. The summed E-state index contributed by atoms with van der Waals surface area (Å²) in [4.78, 5) is 0. The van der Waals surface area contributed by atoms with Gasteiger partial charge in [0.05, 0.1) is 0 Å². The molecule has 2 heteroatoms. The highest BCUT2D eigenvalue weighted by Gasteiger charge is 2.24. The lowest BCUT2D eigenvalue weighted by Crippen LogP contribution is -2.27. The van der Waals surface area contributed by atoms with E-state index in [0.29, 0.717) is 12.5 Å². The Morgan fingerprint density at radius 3 is 2.75 bits per heavy atom. The molecular formula is C14H18O2. The van der Waals surface area contributed by atoms with Gasteiger partial charge < -0.3 is 9.47 Å². The van der Waals surface area contributed by atoms with Crippen molar-refractivity contribution in [1.29, 1.82) is 0 Å². The van der Waals surface area contributed by atoms with Crippen LogP contribution in [0.2, 0.25) is 0 Å². The van der Waals surface area contributed by atoms with Gasteiger partial charge in [-0.15, -0.1) is 0 Å². The fourth-order valence-electron chi connectivity index (χ4n) is 1.73. The molecule has 1 heterocycles. The van der Waals surface area contributed by atoms with Gasteiger partial charge in [-0.2, -0.15) is 0 Å². The molecule has 86 valence electrons. The van der Waals surface area contributed by atoms with Crippen LogP contribution in [0.25, 0.3) is 12.2 Å². The maximum Gasteiger partial charge on any atom is 0.223 e. The first-order valence-electron chi connectivity index (χ1n) is 5.76. The van der Waals surface area contributed by atoms with Crippen LogP contribution in [0.5, 0.6) is 5.75 Å². The third-order valence-corrected chi connectivity index (χ3v) is 2.46. The van der Waals surface area contributed by atoms with Crippen molar-refractivity contribution in [3.05, 3.63) is 28.6 Å². The highest BCUT2D eigenvalue weighted by atomic mass is 16.8. The Morgan fingerprint density at radius 1 is 1.44 bits per heavy atom. The van der Waals surface area contributed by atoms with Gasteiger partial charge in [0, 0.05) is 5.22 Å². The molecular weight excluding hydrogens is 200 g/mol. The molecule has 1 unspecified atom stereocenters. The van der Waals surface area contributed by atoms with Crippen LogP contribution in [0, 0.1) is 5.92 Å². The summed E-state index contributed by atoms with van der Waals surface area (Å²) in [5.74, 6) is 1.45. The first-order chi connectivity index (χ1) is 7.70. The Labute approximate surface area is 96.2 Å². The van der Waals surface area contributed by atoms with E-state index < -0.39 is 0 Å². The molecule has 16 heavy (non-hydrogen) atoms. The molecule has 1 saturated heterocycles. The zero-order valence-corrected chi connectivity index (χ0v) is 10.1. The van der Waals surface area contributed by atoms with Gasteiger partial charge in [0.2, 0.25) is 6.29 Å². The van der Waals surface area contributed by atoms with Crippen LogP contribution >= 0.6 is 0 Å². The molecule has 2 rings (SSSR count). The molecule has 1 aliphatic heterocycles. The highest BCUT2D eigenvalue weighted by molar-refractivity contribution is 5.39. The summed E-state index contributed by atoms with van der Waals surface area (Å²) >= 11 is 0. The summed E-state index contributed by atoms with van der Waals surface area (Å²) in [5, 5.41) is 2.39. The maximum atomic E-state index is 5.70. The number of hydrogen-bond acceptors (Lipinski definition) is 2. The summed E-state index contributed by atoms with van der Waals surface area (Å²) in [7, 11) is 0. The topological polar surface area (TPSA) is 21.8 Å². The van der Waals surface area contributed by atoms with Crippen molar-refractivity contribution in [2.45, 2.75) is 27.1 Å². The standard InChI is InChI=1S/C14H18O2/c1-4-12-11(8-10(2)3)6-5-7-13(12)16-14-9-15-14/h4-8,10,14H,9H2,1-3H3/b11-8-,12-4+. The summed E-state index contributed by atoms with van der Waals surface area (Å²) in [6.45, 7) is 7.10. The SMILES string of the molecule is C/C=c1/c(OC2CO2)ccc/c1=C/C(C)C. The van der Waals surface area contributed by atoms with Crippen molar-refractivity contribution in [3.63, 3.8) is 0 Å². The fraction of sp³-hybridized carbons (Fsp3) is 0.429. The molecule has 0 saturated carbocycles. The molecule has 0 aliphatic carbocycles. The fourth-order valence-corrected chi connectivity index (χ4v) is 1.73. The molecule has 0 bridgehead atoms. The van der Waals surface area contributed by atoms with Crippen molar-refractivity contribution in [2.75, 3.05) is 6.61 Å². The second-order valence-corrected chi connectivity index (χ2v) is 4.34. The number of rotatable bonds is 3. The minimum absolute atomic E-state index is 0.0343. The third kappa shape index (κ3) is 2.64. The minimum Gasteiger partial charge on any atom is -0.462 e. The Bertz CT molecular complexity index is 470. The molecule has 0 aromatic heterocycles. The van der Waals surface area contributed by atoms with E-state index in [2.05, 4.69) is 32.1 Å². The average Bonchev–Trinajstić information content (AvgIpc) is 3.01. The normalized spacial score (nSPS) is 21.6. The van der Waals surface area contributed by atoms with E-state index in [0.717, 1.165) is 11.0 Å². The second-order valence-electron chi connectivity index (χ2n) is 4.34. The van der Waals surface area contributed by atoms with Gasteiger partial charge in [0.15, 0.2) is 0 Å². The van der Waals surface area contributed by atoms with Crippen LogP contribution in [-0.2, 0) is 4.74 Å². The molecule has 0 radical (unpaired) electrons. The van der Waals surface area contributed by atoms with Gasteiger partial charge in [-0.3, -0.25) is 0 Å². The largest absolute Gasteiger partial charge is 0.462 e. The second kappa shape index (κ2) is 4.71. The first-order valence-corrected chi connectivity index (χ1v) is 5.76. The Kier molecular flexibility index (Phi) is 3.30. The van der Waals surface area contributed by atoms with Gasteiger partial charge in [0.1, 0.15) is 12.4 Å². The molecule has 0 N–H and O–H groups in total. The van der Waals surface area contributed by atoms with Crippen LogP contribution in [-0.4, -0.2) is 12.9 Å². The average molecular weight is 218 g/mol. The molecule has 2 nitrogen and oxygen atoms in total. The van der Waals surface area contributed by atoms with Crippen molar-refractivity contribution in [2.24, 2.45) is 5.92 Å². The van der Waals surface area contributed by atoms with E-state index in [1.54, 1.807) is 0 Å². The molecule has 1 aromatic carbocycles. The molecule has 1 fully saturated rings. The zero-order chi connectivity index (χ0) is 11.5. The minimum atomic E-state index is -0.0343. The van der Waals surface area contributed by atoms with Crippen molar-refractivity contribution in [3.8, 4) is 5.75 Å². The lowest BCUT2D eigenvalue weighted by atomic mass is 10.1. The van der Waals surface area contributed by atoms with E-state index in [1.165, 1.54) is 5.22 Å². The van der Waals surface area contributed by atoms with Crippen molar-refractivity contribution >= 4 is 12.2 Å². The number of benzene rings is 1. The lowest BCUT2D eigenvalue weighted by Gasteiger charge is -2.04. The van der Waals surface area contributed by atoms with Crippen molar-refractivity contribution < 1.29 is 9.47 Å².